The highest BCUT2D eigenvalue weighted by molar-refractivity contribution is 6.25. The standard InChI is InChI=1S/C13H17BN2O3/c1-3-4-5-9(8(2)14)12(18)15-10-6-7-11(17)16-13(10)19/h4-5,10H,3,6-7H2,1-2H3,(H,15,18)(H,16,17,19)/b5-4-,9-8+. The monoisotopic (exact) mass is 260 g/mol. The molecule has 0 spiro atoms. The average molecular weight is 260 g/mol. The molecule has 1 unspecified atom stereocenters. The van der Waals surface area contributed by atoms with Gasteiger partial charge in [0.1, 0.15) is 13.9 Å². The fourth-order valence-electron chi connectivity index (χ4n) is 1.69. The SMILES string of the molecule is [B]/C(C)=C(\C=C/CC)C(=O)NC1CCC(=O)NC1=O. The molecule has 6 heteroatoms. The van der Waals surface area contributed by atoms with Gasteiger partial charge in [-0.3, -0.25) is 19.7 Å². The second-order valence-electron chi connectivity index (χ2n) is 4.38. The molecular weight excluding hydrogens is 243 g/mol. The molecule has 0 aromatic rings. The van der Waals surface area contributed by atoms with Crippen LogP contribution in [0.5, 0.6) is 0 Å². The van der Waals surface area contributed by atoms with E-state index in [2.05, 4.69) is 10.6 Å². The number of carbonyl (C=O) groups excluding carboxylic acids is 3. The molecule has 0 aromatic heterocycles. The number of carbonyl (C=O) groups is 3. The largest absolute Gasteiger partial charge is 0.340 e. The van der Waals surface area contributed by atoms with Gasteiger partial charge >= 0.3 is 0 Å². The molecule has 1 heterocycles. The summed E-state index contributed by atoms with van der Waals surface area (Å²) in [5.74, 6) is -1.19. The highest BCUT2D eigenvalue weighted by Gasteiger charge is 2.28. The topological polar surface area (TPSA) is 75.3 Å². The van der Waals surface area contributed by atoms with Crippen LogP contribution < -0.4 is 10.6 Å². The van der Waals surface area contributed by atoms with Crippen LogP contribution in [0.2, 0.25) is 0 Å². The third kappa shape index (κ3) is 4.39. The van der Waals surface area contributed by atoms with E-state index < -0.39 is 17.9 Å². The first kappa shape index (κ1) is 15.2. The number of nitrogens with one attached hydrogen (secondary N) is 2. The van der Waals surface area contributed by atoms with Crippen molar-refractivity contribution in [3.63, 3.8) is 0 Å². The summed E-state index contributed by atoms with van der Waals surface area (Å²) in [6.07, 6.45) is 4.77. The summed E-state index contributed by atoms with van der Waals surface area (Å²) in [6.45, 7) is 3.57. The highest BCUT2D eigenvalue weighted by atomic mass is 16.2. The van der Waals surface area contributed by atoms with Gasteiger partial charge in [0, 0.05) is 12.0 Å². The Hall–Kier alpha value is -1.85. The Morgan fingerprint density at radius 1 is 1.53 bits per heavy atom. The Balaban J connectivity index is 2.73. The van der Waals surface area contributed by atoms with E-state index in [1.807, 2.05) is 13.0 Å². The summed E-state index contributed by atoms with van der Waals surface area (Å²) in [6, 6.07) is -0.686. The van der Waals surface area contributed by atoms with E-state index in [1.54, 1.807) is 13.0 Å². The first-order chi connectivity index (χ1) is 8.95. The van der Waals surface area contributed by atoms with E-state index in [-0.39, 0.29) is 12.3 Å². The summed E-state index contributed by atoms with van der Waals surface area (Å²) in [7, 11) is 5.65. The number of hydrogen-bond donors (Lipinski definition) is 2. The van der Waals surface area contributed by atoms with Crippen LogP contribution in [-0.4, -0.2) is 31.6 Å². The molecule has 1 atom stereocenters. The van der Waals surface area contributed by atoms with Gasteiger partial charge in [-0.1, -0.05) is 26.0 Å². The van der Waals surface area contributed by atoms with Crippen LogP contribution in [0, 0.1) is 0 Å². The fourth-order valence-corrected chi connectivity index (χ4v) is 1.69. The first-order valence-corrected chi connectivity index (χ1v) is 6.23. The Morgan fingerprint density at radius 3 is 2.74 bits per heavy atom. The lowest BCUT2D eigenvalue weighted by molar-refractivity contribution is -0.136. The summed E-state index contributed by atoms with van der Waals surface area (Å²) in [5, 5.41) is 4.78. The molecule has 2 N–H and O–H groups in total. The molecule has 1 aliphatic rings. The summed E-state index contributed by atoms with van der Waals surface area (Å²) < 4.78 is 0. The molecule has 0 saturated carbocycles. The number of piperidine rings is 1. The second-order valence-corrected chi connectivity index (χ2v) is 4.38. The van der Waals surface area contributed by atoms with Crippen molar-refractivity contribution in [1.82, 2.24) is 10.6 Å². The number of allylic oxidation sites excluding steroid dienone is 2. The molecule has 1 aliphatic heterocycles. The lowest BCUT2D eigenvalue weighted by Crippen LogP contribution is -2.52. The van der Waals surface area contributed by atoms with Crippen molar-refractivity contribution in [2.45, 2.75) is 39.2 Å². The third-order valence-electron chi connectivity index (χ3n) is 2.73. The van der Waals surface area contributed by atoms with Crippen molar-refractivity contribution in [3.05, 3.63) is 23.2 Å². The first-order valence-electron chi connectivity index (χ1n) is 6.23. The third-order valence-corrected chi connectivity index (χ3v) is 2.73. The van der Waals surface area contributed by atoms with Gasteiger partial charge in [0.2, 0.25) is 11.8 Å². The van der Waals surface area contributed by atoms with E-state index >= 15 is 0 Å². The van der Waals surface area contributed by atoms with Crippen molar-refractivity contribution in [2.75, 3.05) is 0 Å². The van der Waals surface area contributed by atoms with Crippen LogP contribution in [-0.2, 0) is 14.4 Å². The number of hydrogen-bond acceptors (Lipinski definition) is 3. The molecular formula is C13H17BN2O3. The lowest BCUT2D eigenvalue weighted by Gasteiger charge is -2.22. The van der Waals surface area contributed by atoms with Crippen molar-refractivity contribution in [3.8, 4) is 0 Å². The van der Waals surface area contributed by atoms with Crippen molar-refractivity contribution < 1.29 is 14.4 Å². The Kier molecular flexibility index (Phi) is 5.54. The molecule has 1 rings (SSSR count). The van der Waals surface area contributed by atoms with Gasteiger partial charge in [0.05, 0.1) is 0 Å². The van der Waals surface area contributed by atoms with Crippen molar-refractivity contribution >= 4 is 25.6 Å². The van der Waals surface area contributed by atoms with E-state index in [4.69, 9.17) is 7.85 Å². The Bertz CT molecular complexity index is 451. The molecule has 100 valence electrons. The molecule has 2 radical (unpaired) electrons. The molecule has 5 nitrogen and oxygen atoms in total. The van der Waals surface area contributed by atoms with E-state index in [0.717, 1.165) is 6.42 Å². The van der Waals surface area contributed by atoms with Crippen molar-refractivity contribution in [1.29, 1.82) is 0 Å². The smallest absolute Gasteiger partial charge is 0.250 e. The van der Waals surface area contributed by atoms with Gasteiger partial charge in [0.15, 0.2) is 0 Å². The second kappa shape index (κ2) is 6.92. The zero-order chi connectivity index (χ0) is 14.4. The predicted octanol–water partition coefficient (Wildman–Crippen LogP) is 0.316. The van der Waals surface area contributed by atoms with E-state index in [0.29, 0.717) is 17.5 Å². The van der Waals surface area contributed by atoms with Crippen LogP contribution >= 0.6 is 0 Å². The molecule has 19 heavy (non-hydrogen) atoms. The minimum Gasteiger partial charge on any atom is -0.340 e. The molecule has 0 aromatic carbocycles. The van der Waals surface area contributed by atoms with Gasteiger partial charge in [0.25, 0.3) is 5.91 Å². The van der Waals surface area contributed by atoms with Crippen LogP contribution in [0.3, 0.4) is 0 Å². The molecule has 1 saturated heterocycles. The molecule has 3 amide bonds. The zero-order valence-corrected chi connectivity index (χ0v) is 11.2. The van der Waals surface area contributed by atoms with Crippen LogP contribution in [0.4, 0.5) is 0 Å². The summed E-state index contributed by atoms with van der Waals surface area (Å²) >= 11 is 0. The highest BCUT2D eigenvalue weighted by Crippen LogP contribution is 2.08. The number of imide groups is 1. The van der Waals surface area contributed by atoms with Crippen LogP contribution in [0.1, 0.15) is 33.1 Å². The van der Waals surface area contributed by atoms with Gasteiger partial charge in [-0.2, -0.15) is 0 Å². The molecule has 0 aliphatic carbocycles. The predicted molar refractivity (Wildman–Crippen MR) is 72.2 cm³/mol. The van der Waals surface area contributed by atoms with Crippen LogP contribution in [0.15, 0.2) is 23.2 Å². The fraction of sp³-hybridized carbons (Fsp3) is 0.462. The van der Waals surface area contributed by atoms with Gasteiger partial charge in [-0.15, -0.1) is 5.47 Å². The normalized spacial score (nSPS) is 21.1. The maximum atomic E-state index is 12.0. The summed E-state index contributed by atoms with van der Waals surface area (Å²) in [5.41, 5.74) is 0.723. The zero-order valence-electron chi connectivity index (χ0n) is 11.2. The minimum atomic E-state index is -0.686. The van der Waals surface area contributed by atoms with E-state index in [9.17, 15) is 14.4 Å². The Morgan fingerprint density at radius 2 is 2.21 bits per heavy atom. The van der Waals surface area contributed by atoms with E-state index in [1.165, 1.54) is 0 Å². The quantitative estimate of drug-likeness (QED) is 0.331. The lowest BCUT2D eigenvalue weighted by atomic mass is 9.91. The Labute approximate surface area is 113 Å². The van der Waals surface area contributed by atoms with Gasteiger partial charge in [-0.05, 0) is 12.8 Å². The number of amides is 3. The maximum absolute atomic E-state index is 12.0. The molecule has 0 bridgehead atoms. The summed E-state index contributed by atoms with van der Waals surface area (Å²) in [4.78, 5) is 34.6. The molecule has 1 fully saturated rings. The maximum Gasteiger partial charge on any atom is 0.250 e. The van der Waals surface area contributed by atoms with Gasteiger partial charge < -0.3 is 5.32 Å². The van der Waals surface area contributed by atoms with Crippen molar-refractivity contribution in [2.24, 2.45) is 0 Å². The van der Waals surface area contributed by atoms with Gasteiger partial charge in [-0.25, -0.2) is 0 Å². The average Bonchev–Trinajstić information content (AvgIpc) is 2.33. The minimum absolute atomic E-state index is 0.224. The number of rotatable bonds is 4. The van der Waals surface area contributed by atoms with Crippen LogP contribution in [0.25, 0.3) is 0 Å².